The molecule has 0 radical (unpaired) electrons. The summed E-state index contributed by atoms with van der Waals surface area (Å²) in [4.78, 5) is 34.8. The average Bonchev–Trinajstić information content (AvgIpc) is 3.12. The zero-order valence-electron chi connectivity index (χ0n) is 12.5. The Balaban J connectivity index is 1.76. The Morgan fingerprint density at radius 3 is 2.96 bits per heavy atom. The van der Waals surface area contributed by atoms with Crippen LogP contribution in [0.4, 0.5) is 5.82 Å². The predicted octanol–water partition coefficient (Wildman–Crippen LogP) is -0.963. The molecule has 2 aromatic rings. The quantitative estimate of drug-likeness (QED) is 0.574. The lowest BCUT2D eigenvalue weighted by Crippen LogP contribution is -2.39. The highest BCUT2D eigenvalue weighted by molar-refractivity contribution is 7.32. The van der Waals surface area contributed by atoms with Crippen molar-refractivity contribution >= 4 is 31.1 Å². The van der Waals surface area contributed by atoms with Gasteiger partial charge in [-0.3, -0.25) is 4.79 Å². The summed E-state index contributed by atoms with van der Waals surface area (Å²) in [5.41, 5.74) is 6.55. The van der Waals surface area contributed by atoms with E-state index >= 15 is 0 Å². The standard InChI is InChI=1S/C12H15N6O5P/c13-11-10-12(15-5-14-11)17(6-16-10)3-9(20)18-2-8(23-24(21)22)1-7(18)4-19/h5-8,19H,1-4H2,(H2-,13,14,15,21,22)/p+1/t7-,8?/m0/s1. The average molecular weight is 355 g/mol. The molecule has 1 aliphatic rings. The first-order chi connectivity index (χ1) is 11.5. The molecule has 3 heterocycles. The number of amides is 1. The molecular formula is C12H16N6O5P+. The molecule has 0 aromatic carbocycles. The van der Waals surface area contributed by atoms with Crippen LogP contribution in [-0.2, 0) is 20.4 Å². The minimum absolute atomic E-state index is 0.0541. The van der Waals surface area contributed by atoms with Crippen molar-refractivity contribution in [2.45, 2.75) is 25.1 Å². The molecule has 2 aromatic heterocycles. The molecule has 11 nitrogen and oxygen atoms in total. The van der Waals surface area contributed by atoms with E-state index in [1.165, 1.54) is 22.1 Å². The highest BCUT2D eigenvalue weighted by Crippen LogP contribution is 2.28. The van der Waals surface area contributed by atoms with Crippen molar-refractivity contribution in [3.63, 3.8) is 0 Å². The second kappa shape index (κ2) is 6.73. The number of aromatic nitrogens is 4. The fourth-order valence-electron chi connectivity index (χ4n) is 2.81. The van der Waals surface area contributed by atoms with E-state index in [4.69, 9.17) is 15.2 Å². The highest BCUT2D eigenvalue weighted by atomic mass is 31.1. The molecule has 0 saturated carbocycles. The number of nitrogens with two attached hydrogens (primary N) is 1. The molecule has 1 saturated heterocycles. The highest BCUT2D eigenvalue weighted by Gasteiger charge is 2.39. The number of anilines is 1. The van der Waals surface area contributed by atoms with E-state index in [9.17, 15) is 14.5 Å². The number of aliphatic hydroxyl groups excluding tert-OH is 1. The number of hydrogen-bond acceptors (Lipinski definition) is 8. The first-order valence-electron chi connectivity index (χ1n) is 7.14. The molecule has 3 rings (SSSR count). The number of imidazole rings is 1. The van der Waals surface area contributed by atoms with E-state index in [2.05, 4.69) is 15.0 Å². The topological polar surface area (TPSA) is 157 Å². The van der Waals surface area contributed by atoms with Crippen LogP contribution in [-0.4, -0.2) is 65.6 Å². The van der Waals surface area contributed by atoms with Crippen LogP contribution in [0.15, 0.2) is 12.7 Å². The number of nitrogens with zero attached hydrogens (tertiary/aromatic N) is 5. The lowest BCUT2D eigenvalue weighted by Gasteiger charge is -2.22. The third kappa shape index (κ3) is 3.20. The van der Waals surface area contributed by atoms with E-state index in [1.54, 1.807) is 0 Å². The molecule has 128 valence electrons. The van der Waals surface area contributed by atoms with Gasteiger partial charge in [0.15, 0.2) is 11.5 Å². The zero-order chi connectivity index (χ0) is 17.3. The molecule has 0 bridgehead atoms. The van der Waals surface area contributed by atoms with Gasteiger partial charge in [-0.1, -0.05) is 0 Å². The first kappa shape index (κ1) is 16.7. The van der Waals surface area contributed by atoms with Crippen molar-refractivity contribution in [1.29, 1.82) is 0 Å². The Hall–Kier alpha value is -2.20. The largest absolute Gasteiger partial charge is 0.695 e. The van der Waals surface area contributed by atoms with E-state index in [0.29, 0.717) is 17.6 Å². The first-order valence-corrected chi connectivity index (χ1v) is 8.27. The number of rotatable bonds is 5. The number of fused-ring (bicyclic) bond motifs is 1. The smallest absolute Gasteiger partial charge is 0.394 e. The van der Waals surface area contributed by atoms with Crippen LogP contribution in [0.3, 0.4) is 0 Å². The van der Waals surface area contributed by atoms with Gasteiger partial charge in [0.2, 0.25) is 5.91 Å². The van der Waals surface area contributed by atoms with Crippen LogP contribution in [0, 0.1) is 0 Å². The maximum Gasteiger partial charge on any atom is 0.695 e. The van der Waals surface area contributed by atoms with Crippen LogP contribution < -0.4 is 5.73 Å². The van der Waals surface area contributed by atoms with Gasteiger partial charge in [0.25, 0.3) is 0 Å². The number of carbonyl (C=O) groups is 1. The number of hydrogen-bond donors (Lipinski definition) is 3. The van der Waals surface area contributed by atoms with Gasteiger partial charge in [0.1, 0.15) is 24.5 Å². The number of carbonyl (C=O) groups excluding carboxylic acids is 1. The minimum Gasteiger partial charge on any atom is -0.394 e. The monoisotopic (exact) mass is 355 g/mol. The number of nitrogen functional groups attached to an aromatic ring is 1. The molecule has 0 spiro atoms. The minimum atomic E-state index is -2.76. The second-order valence-corrected chi connectivity index (χ2v) is 6.07. The fourth-order valence-corrected chi connectivity index (χ4v) is 3.21. The van der Waals surface area contributed by atoms with Crippen LogP contribution in [0.5, 0.6) is 0 Å². The molecule has 1 fully saturated rings. The Morgan fingerprint density at radius 1 is 1.46 bits per heavy atom. The molecular weight excluding hydrogens is 339 g/mol. The molecule has 24 heavy (non-hydrogen) atoms. The molecule has 1 amide bonds. The summed E-state index contributed by atoms with van der Waals surface area (Å²) in [6.07, 6.45) is 2.44. The number of aliphatic hydroxyl groups is 1. The summed E-state index contributed by atoms with van der Waals surface area (Å²) in [6.45, 7) is -0.176. The van der Waals surface area contributed by atoms with Crippen LogP contribution in [0.2, 0.25) is 0 Å². The van der Waals surface area contributed by atoms with Gasteiger partial charge in [0.05, 0.1) is 25.5 Å². The summed E-state index contributed by atoms with van der Waals surface area (Å²) in [7, 11) is -2.76. The molecule has 1 aliphatic heterocycles. The van der Waals surface area contributed by atoms with Gasteiger partial charge in [-0.05, 0) is 0 Å². The van der Waals surface area contributed by atoms with Crippen molar-refractivity contribution < 1.29 is 23.9 Å². The molecule has 3 atom stereocenters. The summed E-state index contributed by atoms with van der Waals surface area (Å²) in [5, 5.41) is 9.43. The normalized spacial score (nSPS) is 21.4. The molecule has 4 N–H and O–H groups in total. The van der Waals surface area contributed by atoms with Crippen LogP contribution >= 0.6 is 8.25 Å². The molecule has 0 aliphatic carbocycles. The van der Waals surface area contributed by atoms with Crippen LogP contribution in [0.25, 0.3) is 11.2 Å². The third-order valence-corrected chi connectivity index (χ3v) is 4.36. The maximum absolute atomic E-state index is 12.5. The zero-order valence-corrected chi connectivity index (χ0v) is 13.4. The summed E-state index contributed by atoms with van der Waals surface area (Å²) < 4.78 is 17.2. The maximum atomic E-state index is 12.5. The van der Waals surface area contributed by atoms with E-state index in [-0.39, 0.29) is 31.4 Å². The Labute approximate surface area is 137 Å². The third-order valence-electron chi connectivity index (χ3n) is 3.88. The van der Waals surface area contributed by atoms with Crippen molar-refractivity contribution in [2.24, 2.45) is 0 Å². The van der Waals surface area contributed by atoms with Gasteiger partial charge in [-0.2, -0.15) is 0 Å². The SMILES string of the molecule is Nc1ncnc2c1ncn2CC(=O)N1CC(O[P+](=O)O)C[C@H]1CO. The van der Waals surface area contributed by atoms with Gasteiger partial charge >= 0.3 is 8.25 Å². The molecule has 12 heteroatoms. The van der Waals surface area contributed by atoms with Gasteiger partial charge in [-0.25, -0.2) is 15.0 Å². The van der Waals surface area contributed by atoms with Crippen molar-refractivity contribution in [3.8, 4) is 0 Å². The Bertz CT molecular complexity index is 782. The van der Waals surface area contributed by atoms with Gasteiger partial charge in [0, 0.05) is 11.0 Å². The lowest BCUT2D eigenvalue weighted by atomic mass is 10.2. The lowest BCUT2D eigenvalue weighted by molar-refractivity contribution is -0.133. The molecule has 2 unspecified atom stereocenters. The van der Waals surface area contributed by atoms with Crippen LogP contribution in [0.1, 0.15) is 6.42 Å². The van der Waals surface area contributed by atoms with Crippen molar-refractivity contribution in [2.75, 3.05) is 18.9 Å². The van der Waals surface area contributed by atoms with Crippen molar-refractivity contribution in [3.05, 3.63) is 12.7 Å². The summed E-state index contributed by atoms with van der Waals surface area (Å²) >= 11 is 0. The Morgan fingerprint density at radius 2 is 2.25 bits per heavy atom. The van der Waals surface area contributed by atoms with Gasteiger partial charge < -0.3 is 20.3 Å². The van der Waals surface area contributed by atoms with E-state index in [1.807, 2.05) is 0 Å². The predicted molar refractivity (Wildman–Crippen MR) is 81.6 cm³/mol. The van der Waals surface area contributed by atoms with Crippen molar-refractivity contribution in [1.82, 2.24) is 24.4 Å². The second-order valence-electron chi connectivity index (χ2n) is 5.39. The summed E-state index contributed by atoms with van der Waals surface area (Å²) in [6, 6.07) is -0.466. The fraction of sp³-hybridized carbons (Fsp3) is 0.500. The van der Waals surface area contributed by atoms with E-state index < -0.39 is 20.4 Å². The van der Waals surface area contributed by atoms with E-state index in [0.717, 1.165) is 0 Å². The number of likely N-dealkylation sites (tertiary alicyclic amines) is 1. The summed E-state index contributed by atoms with van der Waals surface area (Å²) in [5.74, 6) is -0.0642. The Kier molecular flexibility index (Phi) is 4.67. The van der Waals surface area contributed by atoms with Gasteiger partial charge in [-0.15, -0.1) is 9.42 Å².